The predicted octanol–water partition coefficient (Wildman–Crippen LogP) is 4.42. The molecule has 20 heavy (non-hydrogen) atoms. The van der Waals surface area contributed by atoms with Crippen LogP contribution in [0, 0.1) is 0 Å². The number of carboxylic acid groups (broad SMARTS) is 1. The van der Waals surface area contributed by atoms with Crippen molar-refractivity contribution in [2.75, 3.05) is 7.11 Å². The van der Waals surface area contributed by atoms with E-state index in [0.717, 1.165) is 0 Å². The summed E-state index contributed by atoms with van der Waals surface area (Å²) in [6.07, 6.45) is 1.34. The highest BCUT2D eigenvalue weighted by Gasteiger charge is 2.20. The van der Waals surface area contributed by atoms with Crippen molar-refractivity contribution in [3.63, 3.8) is 0 Å². The van der Waals surface area contributed by atoms with E-state index in [1.54, 1.807) is 6.07 Å². The molecule has 0 amide bonds. The Hall–Kier alpha value is -1.49. The van der Waals surface area contributed by atoms with E-state index in [9.17, 15) is 9.90 Å². The number of hydrogen-bond acceptors (Lipinski definition) is 3. The number of benzene rings is 1. The maximum atomic E-state index is 11.4. The molecule has 2 rings (SSSR count). The molecule has 0 saturated heterocycles. The van der Waals surface area contributed by atoms with E-state index in [-0.39, 0.29) is 32.1 Å². The number of carboxylic acids is 1. The van der Waals surface area contributed by atoms with Gasteiger partial charge in [0.15, 0.2) is 0 Å². The van der Waals surface area contributed by atoms with Crippen molar-refractivity contribution in [1.82, 2.24) is 4.98 Å². The number of methoxy groups -OCH3 is 1. The molecule has 0 spiro atoms. The lowest BCUT2D eigenvalue weighted by Crippen LogP contribution is -2.02. The van der Waals surface area contributed by atoms with Gasteiger partial charge in [-0.25, -0.2) is 9.78 Å². The van der Waals surface area contributed by atoms with Gasteiger partial charge >= 0.3 is 5.97 Å². The average Bonchev–Trinajstić information content (AvgIpc) is 2.43. The van der Waals surface area contributed by atoms with Crippen LogP contribution in [0.15, 0.2) is 24.4 Å². The molecule has 2 aromatic rings. The normalized spacial score (nSPS) is 10.4. The summed E-state index contributed by atoms with van der Waals surface area (Å²) in [5.74, 6) is -0.965. The molecule has 7 heteroatoms. The third kappa shape index (κ3) is 2.68. The zero-order valence-electron chi connectivity index (χ0n) is 10.2. The van der Waals surface area contributed by atoms with Crippen molar-refractivity contribution in [1.29, 1.82) is 0 Å². The van der Waals surface area contributed by atoms with Gasteiger partial charge in [-0.2, -0.15) is 0 Å². The Morgan fingerprint density at radius 2 is 1.90 bits per heavy atom. The third-order valence-electron chi connectivity index (χ3n) is 2.63. The van der Waals surface area contributed by atoms with Crippen LogP contribution in [0.4, 0.5) is 0 Å². The molecule has 0 unspecified atom stereocenters. The number of aromatic nitrogens is 1. The molecule has 0 atom stereocenters. The topological polar surface area (TPSA) is 59.4 Å². The number of halogens is 3. The number of aromatic carboxylic acids is 1. The Morgan fingerprint density at radius 3 is 2.50 bits per heavy atom. The molecule has 0 bridgehead atoms. The molecular formula is C13H8Cl3NO3. The zero-order valence-corrected chi connectivity index (χ0v) is 12.4. The second-order valence-corrected chi connectivity index (χ2v) is 4.99. The summed E-state index contributed by atoms with van der Waals surface area (Å²) in [5, 5.41) is 10.0. The van der Waals surface area contributed by atoms with E-state index in [4.69, 9.17) is 39.5 Å². The molecule has 1 aromatic heterocycles. The van der Waals surface area contributed by atoms with E-state index in [2.05, 4.69) is 4.98 Å². The summed E-state index contributed by atoms with van der Waals surface area (Å²) >= 11 is 18.1. The zero-order chi connectivity index (χ0) is 14.9. The second kappa shape index (κ2) is 5.87. The van der Waals surface area contributed by atoms with Crippen LogP contribution in [0.5, 0.6) is 5.88 Å². The molecule has 1 aromatic carbocycles. The van der Waals surface area contributed by atoms with Gasteiger partial charge in [-0.3, -0.25) is 0 Å². The number of ether oxygens (including phenoxy) is 1. The van der Waals surface area contributed by atoms with E-state index >= 15 is 0 Å². The minimum absolute atomic E-state index is 0.0251. The first-order chi connectivity index (χ1) is 9.45. The minimum atomic E-state index is -1.15. The first kappa shape index (κ1) is 14.9. The van der Waals surface area contributed by atoms with E-state index in [1.165, 1.54) is 25.4 Å². The van der Waals surface area contributed by atoms with Crippen LogP contribution >= 0.6 is 34.8 Å². The lowest BCUT2D eigenvalue weighted by molar-refractivity contribution is 0.0697. The number of pyridine rings is 1. The Kier molecular flexibility index (Phi) is 4.38. The summed E-state index contributed by atoms with van der Waals surface area (Å²) in [6.45, 7) is 0. The van der Waals surface area contributed by atoms with Crippen LogP contribution < -0.4 is 4.74 Å². The van der Waals surface area contributed by atoms with Gasteiger partial charge in [0.25, 0.3) is 0 Å². The quantitative estimate of drug-likeness (QED) is 0.845. The lowest BCUT2D eigenvalue weighted by Gasteiger charge is -2.12. The van der Waals surface area contributed by atoms with Gasteiger partial charge in [0, 0.05) is 23.4 Å². The molecule has 1 heterocycles. The molecule has 0 radical (unpaired) electrons. The monoisotopic (exact) mass is 331 g/mol. The van der Waals surface area contributed by atoms with Gasteiger partial charge in [0.05, 0.1) is 27.7 Å². The average molecular weight is 333 g/mol. The van der Waals surface area contributed by atoms with Gasteiger partial charge in [0.2, 0.25) is 5.88 Å². The highest BCUT2D eigenvalue weighted by atomic mass is 35.5. The molecule has 0 saturated carbocycles. The highest BCUT2D eigenvalue weighted by molar-refractivity contribution is 6.46. The largest absolute Gasteiger partial charge is 0.481 e. The molecule has 0 aliphatic heterocycles. The van der Waals surface area contributed by atoms with Crippen molar-refractivity contribution in [3.8, 4) is 17.0 Å². The van der Waals surface area contributed by atoms with Crippen molar-refractivity contribution in [2.24, 2.45) is 0 Å². The second-order valence-electron chi connectivity index (χ2n) is 3.80. The van der Waals surface area contributed by atoms with E-state index < -0.39 is 5.97 Å². The molecule has 104 valence electrons. The van der Waals surface area contributed by atoms with Crippen LogP contribution in [-0.2, 0) is 0 Å². The van der Waals surface area contributed by atoms with Gasteiger partial charge in [-0.15, -0.1) is 0 Å². The Morgan fingerprint density at radius 1 is 1.25 bits per heavy atom. The predicted molar refractivity (Wildman–Crippen MR) is 78.2 cm³/mol. The van der Waals surface area contributed by atoms with Crippen molar-refractivity contribution in [2.45, 2.75) is 0 Å². The number of hydrogen-bond donors (Lipinski definition) is 1. The summed E-state index contributed by atoms with van der Waals surface area (Å²) in [6, 6.07) is 4.37. The summed E-state index contributed by atoms with van der Waals surface area (Å²) in [4.78, 5) is 15.4. The maximum absolute atomic E-state index is 11.4. The number of rotatable bonds is 3. The molecule has 0 aliphatic carbocycles. The molecular weight excluding hydrogens is 325 g/mol. The van der Waals surface area contributed by atoms with Crippen LogP contribution in [0.2, 0.25) is 15.1 Å². The standard InChI is InChI=1S/C13H8Cl3NO3/c1-20-10-4-6(13(18)19)7(5-17-10)11-8(14)2-3-9(15)12(11)16/h2-5H,1H3,(H,18,19). The fourth-order valence-electron chi connectivity index (χ4n) is 1.70. The van der Waals surface area contributed by atoms with E-state index in [1.807, 2.05) is 0 Å². The smallest absolute Gasteiger partial charge is 0.336 e. The lowest BCUT2D eigenvalue weighted by atomic mass is 10.0. The summed E-state index contributed by atoms with van der Waals surface area (Å²) in [5.41, 5.74) is 0.576. The SMILES string of the molecule is COc1cc(C(=O)O)c(-c2c(Cl)ccc(Cl)c2Cl)cn1. The van der Waals surface area contributed by atoms with Crippen molar-refractivity contribution < 1.29 is 14.6 Å². The third-order valence-corrected chi connectivity index (χ3v) is 3.75. The van der Waals surface area contributed by atoms with Gasteiger partial charge in [-0.05, 0) is 12.1 Å². The number of carbonyl (C=O) groups is 1. The fraction of sp³-hybridized carbons (Fsp3) is 0.0769. The first-order valence-electron chi connectivity index (χ1n) is 5.37. The van der Waals surface area contributed by atoms with Gasteiger partial charge < -0.3 is 9.84 Å². The highest BCUT2D eigenvalue weighted by Crippen LogP contribution is 2.40. The van der Waals surface area contributed by atoms with Crippen LogP contribution in [0.3, 0.4) is 0 Å². The van der Waals surface area contributed by atoms with Gasteiger partial charge in [0.1, 0.15) is 0 Å². The van der Waals surface area contributed by atoms with Crippen molar-refractivity contribution >= 4 is 40.8 Å². The Bertz CT molecular complexity index is 689. The van der Waals surface area contributed by atoms with Gasteiger partial charge in [-0.1, -0.05) is 34.8 Å². The number of nitrogens with zero attached hydrogens (tertiary/aromatic N) is 1. The molecule has 4 nitrogen and oxygen atoms in total. The maximum Gasteiger partial charge on any atom is 0.336 e. The Labute approximate surface area is 129 Å². The van der Waals surface area contributed by atoms with Crippen LogP contribution in [0.25, 0.3) is 11.1 Å². The van der Waals surface area contributed by atoms with E-state index in [0.29, 0.717) is 5.56 Å². The minimum Gasteiger partial charge on any atom is -0.481 e. The molecule has 0 fully saturated rings. The fourth-order valence-corrected chi connectivity index (χ4v) is 2.43. The van der Waals surface area contributed by atoms with Crippen LogP contribution in [0.1, 0.15) is 10.4 Å². The Balaban J connectivity index is 2.76. The summed E-state index contributed by atoms with van der Waals surface area (Å²) < 4.78 is 4.91. The molecule has 1 N–H and O–H groups in total. The molecule has 0 aliphatic rings. The summed E-state index contributed by atoms with van der Waals surface area (Å²) in [7, 11) is 1.40. The van der Waals surface area contributed by atoms with Crippen molar-refractivity contribution in [3.05, 3.63) is 45.0 Å². The first-order valence-corrected chi connectivity index (χ1v) is 6.50. The van der Waals surface area contributed by atoms with Crippen LogP contribution in [-0.4, -0.2) is 23.2 Å².